The van der Waals surface area contributed by atoms with E-state index in [2.05, 4.69) is 10.6 Å². The fourth-order valence-corrected chi connectivity index (χ4v) is 1.94. The normalized spacial score (nSPS) is 12.0. The van der Waals surface area contributed by atoms with Gasteiger partial charge < -0.3 is 16.0 Å². The number of halogens is 1. The van der Waals surface area contributed by atoms with Crippen LogP contribution in [0, 0.1) is 0 Å². The molecule has 0 spiro atoms. The number of amides is 2. The fraction of sp³-hybridized carbons (Fsp3) is 0.467. The molecule has 4 N–H and O–H groups in total. The molecule has 0 aliphatic rings. The quantitative estimate of drug-likeness (QED) is 0.690. The van der Waals surface area contributed by atoms with Gasteiger partial charge in [-0.1, -0.05) is 23.7 Å². The summed E-state index contributed by atoms with van der Waals surface area (Å²) < 4.78 is 0. The molecule has 0 aliphatic heterocycles. The second kappa shape index (κ2) is 8.64. The lowest BCUT2D eigenvalue weighted by atomic mass is 10.1. The van der Waals surface area contributed by atoms with Gasteiger partial charge in [0.15, 0.2) is 6.54 Å². The van der Waals surface area contributed by atoms with Crippen molar-refractivity contribution < 1.29 is 14.9 Å². The van der Waals surface area contributed by atoms with Crippen molar-refractivity contribution in [3.8, 4) is 0 Å². The Balaban J connectivity index is 2.29. The number of hydrogen-bond acceptors (Lipinski definition) is 2. The van der Waals surface area contributed by atoms with Crippen molar-refractivity contribution in [2.45, 2.75) is 32.9 Å². The van der Waals surface area contributed by atoms with Crippen LogP contribution in [0.4, 0.5) is 0 Å². The van der Waals surface area contributed by atoms with Crippen LogP contribution in [0.1, 0.15) is 32.4 Å². The van der Waals surface area contributed by atoms with Crippen molar-refractivity contribution in [2.75, 3.05) is 13.1 Å². The molecule has 5 nitrogen and oxygen atoms in total. The van der Waals surface area contributed by atoms with E-state index in [1.807, 2.05) is 50.4 Å². The zero-order valence-electron chi connectivity index (χ0n) is 12.7. The molecule has 0 unspecified atom stereocenters. The van der Waals surface area contributed by atoms with Crippen molar-refractivity contribution in [1.82, 2.24) is 10.6 Å². The van der Waals surface area contributed by atoms with Gasteiger partial charge in [0.2, 0.25) is 5.91 Å². The van der Waals surface area contributed by atoms with E-state index in [0.29, 0.717) is 5.02 Å². The summed E-state index contributed by atoms with van der Waals surface area (Å²) in [6.07, 6.45) is 0. The van der Waals surface area contributed by atoms with Gasteiger partial charge in [-0.05, 0) is 32.9 Å². The SMILES string of the molecule is CC(C)NC(=O)CNC(=O)C[NH2+][C@@H](C)c1ccc(Cl)cc1. The molecule has 2 amide bonds. The van der Waals surface area contributed by atoms with Crippen LogP contribution in [-0.4, -0.2) is 30.9 Å². The maximum Gasteiger partial charge on any atom is 0.275 e. The second-order valence-electron chi connectivity index (χ2n) is 5.28. The summed E-state index contributed by atoms with van der Waals surface area (Å²) in [4.78, 5) is 23.1. The first-order valence-corrected chi connectivity index (χ1v) is 7.41. The maximum atomic E-state index is 11.7. The highest BCUT2D eigenvalue weighted by atomic mass is 35.5. The summed E-state index contributed by atoms with van der Waals surface area (Å²) in [7, 11) is 0. The maximum absolute atomic E-state index is 11.7. The Morgan fingerprint density at radius 1 is 1.14 bits per heavy atom. The predicted octanol–water partition coefficient (Wildman–Crippen LogP) is 0.605. The minimum Gasteiger partial charge on any atom is -0.352 e. The van der Waals surface area contributed by atoms with Gasteiger partial charge in [-0.25, -0.2) is 0 Å². The molecule has 0 aliphatic carbocycles. The van der Waals surface area contributed by atoms with Gasteiger partial charge >= 0.3 is 0 Å². The smallest absolute Gasteiger partial charge is 0.275 e. The number of nitrogens with one attached hydrogen (secondary N) is 2. The molecule has 1 rings (SSSR count). The second-order valence-corrected chi connectivity index (χ2v) is 5.72. The van der Waals surface area contributed by atoms with Crippen LogP contribution in [0.5, 0.6) is 0 Å². The van der Waals surface area contributed by atoms with E-state index in [1.165, 1.54) is 0 Å². The Labute approximate surface area is 130 Å². The Kier molecular flexibility index (Phi) is 7.19. The Morgan fingerprint density at radius 2 is 1.76 bits per heavy atom. The van der Waals surface area contributed by atoms with Crippen molar-refractivity contribution in [3.63, 3.8) is 0 Å². The highest BCUT2D eigenvalue weighted by Crippen LogP contribution is 2.13. The first-order chi connectivity index (χ1) is 9.88. The molecule has 1 aromatic carbocycles. The van der Waals surface area contributed by atoms with Crippen LogP contribution in [0.25, 0.3) is 0 Å². The molecule has 0 fully saturated rings. The van der Waals surface area contributed by atoms with E-state index in [1.54, 1.807) is 0 Å². The molecule has 0 saturated carbocycles. The number of quaternary nitrogens is 1. The van der Waals surface area contributed by atoms with Gasteiger partial charge in [-0.3, -0.25) is 9.59 Å². The Bertz CT molecular complexity index is 474. The van der Waals surface area contributed by atoms with Crippen molar-refractivity contribution in [2.24, 2.45) is 0 Å². The third-order valence-electron chi connectivity index (χ3n) is 2.95. The third kappa shape index (κ3) is 7.11. The van der Waals surface area contributed by atoms with Gasteiger partial charge in [0, 0.05) is 16.6 Å². The van der Waals surface area contributed by atoms with Crippen molar-refractivity contribution >= 4 is 23.4 Å². The zero-order valence-corrected chi connectivity index (χ0v) is 13.4. The molecule has 116 valence electrons. The van der Waals surface area contributed by atoms with E-state index in [4.69, 9.17) is 11.6 Å². The van der Waals surface area contributed by atoms with Gasteiger partial charge in [0.05, 0.1) is 6.54 Å². The topological polar surface area (TPSA) is 74.8 Å². The van der Waals surface area contributed by atoms with Crippen molar-refractivity contribution in [3.05, 3.63) is 34.9 Å². The van der Waals surface area contributed by atoms with Crippen LogP contribution >= 0.6 is 11.6 Å². The minimum absolute atomic E-state index is 0.0141. The third-order valence-corrected chi connectivity index (χ3v) is 3.20. The Morgan fingerprint density at radius 3 is 2.33 bits per heavy atom. The average molecular weight is 313 g/mol. The van der Waals surface area contributed by atoms with E-state index in [9.17, 15) is 9.59 Å². The van der Waals surface area contributed by atoms with Gasteiger partial charge in [-0.2, -0.15) is 0 Å². The molecule has 6 heteroatoms. The van der Waals surface area contributed by atoms with Gasteiger partial charge in [-0.15, -0.1) is 0 Å². The summed E-state index contributed by atoms with van der Waals surface area (Å²) in [6, 6.07) is 7.77. The summed E-state index contributed by atoms with van der Waals surface area (Å²) >= 11 is 5.84. The van der Waals surface area contributed by atoms with Gasteiger partial charge in [0.25, 0.3) is 5.91 Å². The fourth-order valence-electron chi connectivity index (χ4n) is 1.81. The van der Waals surface area contributed by atoms with Crippen LogP contribution in [0.15, 0.2) is 24.3 Å². The zero-order chi connectivity index (χ0) is 15.8. The standard InChI is InChI=1S/C15H22ClN3O2/c1-10(2)19-15(21)9-18-14(20)8-17-11(3)12-4-6-13(16)7-5-12/h4-7,10-11,17H,8-9H2,1-3H3,(H,18,20)(H,19,21)/p+1/t11-/m0/s1. The molecule has 1 aromatic rings. The van der Waals surface area contributed by atoms with E-state index >= 15 is 0 Å². The lowest BCUT2D eigenvalue weighted by molar-refractivity contribution is -0.682. The van der Waals surface area contributed by atoms with Crippen LogP contribution in [-0.2, 0) is 9.59 Å². The molecule has 0 heterocycles. The van der Waals surface area contributed by atoms with Crippen molar-refractivity contribution in [1.29, 1.82) is 0 Å². The summed E-state index contributed by atoms with van der Waals surface area (Å²) in [5.74, 6) is -0.334. The Hall–Kier alpha value is -1.59. The van der Waals surface area contributed by atoms with Crippen LogP contribution < -0.4 is 16.0 Å². The number of hydrogen-bond donors (Lipinski definition) is 3. The van der Waals surface area contributed by atoms with Crippen LogP contribution in [0.2, 0.25) is 5.02 Å². The molecule has 21 heavy (non-hydrogen) atoms. The van der Waals surface area contributed by atoms with E-state index < -0.39 is 0 Å². The number of carbonyl (C=O) groups excluding carboxylic acids is 2. The first kappa shape index (κ1) is 17.5. The average Bonchev–Trinajstić information content (AvgIpc) is 2.42. The number of carbonyl (C=O) groups is 2. The molecule has 0 aromatic heterocycles. The number of nitrogens with two attached hydrogens (primary N) is 1. The largest absolute Gasteiger partial charge is 0.352 e. The molecular formula is C15H23ClN3O2+. The first-order valence-electron chi connectivity index (χ1n) is 7.03. The lowest BCUT2D eigenvalue weighted by Gasteiger charge is -2.12. The van der Waals surface area contributed by atoms with Crippen LogP contribution in [0.3, 0.4) is 0 Å². The monoisotopic (exact) mass is 312 g/mol. The number of rotatable bonds is 7. The summed E-state index contributed by atoms with van der Waals surface area (Å²) in [6.45, 7) is 6.06. The molecular weight excluding hydrogens is 290 g/mol. The summed E-state index contributed by atoms with van der Waals surface area (Å²) in [5, 5.41) is 7.93. The molecule has 0 saturated heterocycles. The lowest BCUT2D eigenvalue weighted by Crippen LogP contribution is -2.87. The highest BCUT2D eigenvalue weighted by molar-refractivity contribution is 6.30. The highest BCUT2D eigenvalue weighted by Gasteiger charge is 2.12. The molecule has 1 atom stereocenters. The minimum atomic E-state index is -0.177. The van der Waals surface area contributed by atoms with E-state index in [0.717, 1.165) is 5.56 Å². The van der Waals surface area contributed by atoms with E-state index in [-0.39, 0.29) is 37.0 Å². The molecule has 0 bridgehead atoms. The predicted molar refractivity (Wildman–Crippen MR) is 82.9 cm³/mol. The van der Waals surface area contributed by atoms with Gasteiger partial charge in [0.1, 0.15) is 6.04 Å². The number of benzene rings is 1. The molecule has 0 radical (unpaired) electrons. The summed E-state index contributed by atoms with van der Waals surface area (Å²) in [5.41, 5.74) is 1.10.